The number of nitrogens with zero attached hydrogens (tertiary/aromatic N) is 3. The van der Waals surface area contributed by atoms with Gasteiger partial charge in [-0.2, -0.15) is 5.10 Å². The minimum atomic E-state index is -0.863. The normalized spacial score (nSPS) is 17.6. The van der Waals surface area contributed by atoms with Crippen molar-refractivity contribution in [1.29, 1.82) is 0 Å². The van der Waals surface area contributed by atoms with Crippen molar-refractivity contribution in [2.45, 2.75) is 18.3 Å². The second-order valence-electron chi connectivity index (χ2n) is 3.97. The Morgan fingerprint density at radius 1 is 1.50 bits per heavy atom. The first-order valence-electron chi connectivity index (χ1n) is 4.88. The summed E-state index contributed by atoms with van der Waals surface area (Å²) in [7, 11) is 0. The van der Waals surface area contributed by atoms with Crippen LogP contribution in [0.3, 0.4) is 0 Å². The molecular formula is C10H8ClN3O2. The van der Waals surface area contributed by atoms with Gasteiger partial charge in [0.05, 0.1) is 5.02 Å². The molecule has 1 aliphatic rings. The second-order valence-corrected chi connectivity index (χ2v) is 4.41. The molecule has 5 nitrogen and oxygen atoms in total. The van der Waals surface area contributed by atoms with Gasteiger partial charge in [0.2, 0.25) is 0 Å². The zero-order valence-corrected chi connectivity index (χ0v) is 8.98. The van der Waals surface area contributed by atoms with Gasteiger partial charge >= 0.3 is 5.97 Å². The predicted octanol–water partition coefficient (Wildman–Crippen LogP) is 1.50. The Bertz CT molecular complexity index is 589. The summed E-state index contributed by atoms with van der Waals surface area (Å²) in [6.07, 6.45) is 2.82. The number of fused-ring (bicyclic) bond motifs is 1. The highest BCUT2D eigenvalue weighted by atomic mass is 35.5. The predicted molar refractivity (Wildman–Crippen MR) is 56.5 cm³/mol. The van der Waals surface area contributed by atoms with Gasteiger partial charge in [0.15, 0.2) is 11.5 Å². The van der Waals surface area contributed by atoms with E-state index < -0.39 is 11.4 Å². The lowest BCUT2D eigenvalue weighted by Gasteiger charge is -2.01. The molecule has 2 aromatic rings. The van der Waals surface area contributed by atoms with E-state index in [9.17, 15) is 4.79 Å². The standard InChI is InChI=1S/C10H8ClN3O2/c11-6-1-2-7-12-8(13-14(7)5-6)10(3-4-10)9(15)16/h1-2,5H,3-4H2,(H,15,16). The number of aliphatic carboxylic acids is 1. The molecule has 1 N–H and O–H groups in total. The van der Waals surface area contributed by atoms with Gasteiger partial charge in [-0.05, 0) is 25.0 Å². The van der Waals surface area contributed by atoms with Gasteiger partial charge in [-0.3, -0.25) is 4.79 Å². The number of pyridine rings is 1. The Morgan fingerprint density at radius 2 is 2.25 bits per heavy atom. The van der Waals surface area contributed by atoms with Crippen molar-refractivity contribution in [3.63, 3.8) is 0 Å². The fourth-order valence-electron chi connectivity index (χ4n) is 1.72. The van der Waals surface area contributed by atoms with E-state index in [0.29, 0.717) is 29.3 Å². The van der Waals surface area contributed by atoms with E-state index in [-0.39, 0.29) is 0 Å². The molecule has 6 heteroatoms. The molecule has 16 heavy (non-hydrogen) atoms. The molecule has 0 spiro atoms. The largest absolute Gasteiger partial charge is 0.480 e. The summed E-state index contributed by atoms with van der Waals surface area (Å²) in [6.45, 7) is 0. The van der Waals surface area contributed by atoms with Crippen LogP contribution >= 0.6 is 11.6 Å². The Balaban J connectivity index is 2.16. The summed E-state index contributed by atoms with van der Waals surface area (Å²) in [4.78, 5) is 15.3. The molecule has 2 aromatic heterocycles. The molecule has 0 radical (unpaired) electrons. The molecule has 2 heterocycles. The van der Waals surface area contributed by atoms with Crippen LogP contribution in [0.4, 0.5) is 0 Å². The van der Waals surface area contributed by atoms with E-state index >= 15 is 0 Å². The molecule has 0 aromatic carbocycles. The zero-order chi connectivity index (χ0) is 11.3. The van der Waals surface area contributed by atoms with Gasteiger partial charge in [-0.15, -0.1) is 0 Å². The molecule has 1 fully saturated rings. The van der Waals surface area contributed by atoms with Crippen LogP contribution in [-0.2, 0) is 10.2 Å². The van der Waals surface area contributed by atoms with Gasteiger partial charge in [0.1, 0.15) is 5.41 Å². The van der Waals surface area contributed by atoms with Crippen molar-refractivity contribution in [2.24, 2.45) is 0 Å². The Labute approximate surface area is 95.7 Å². The summed E-state index contributed by atoms with van der Waals surface area (Å²) in [5, 5.41) is 13.8. The molecule has 3 rings (SSSR count). The number of hydrogen-bond donors (Lipinski definition) is 1. The molecule has 1 saturated carbocycles. The number of carboxylic acids is 1. The molecule has 0 unspecified atom stereocenters. The Morgan fingerprint density at radius 3 is 2.88 bits per heavy atom. The maximum absolute atomic E-state index is 11.1. The third-order valence-corrected chi connectivity index (χ3v) is 3.11. The maximum Gasteiger partial charge on any atom is 0.317 e. The van der Waals surface area contributed by atoms with Gasteiger partial charge in [-0.25, -0.2) is 9.50 Å². The average molecular weight is 238 g/mol. The highest BCUT2D eigenvalue weighted by Gasteiger charge is 2.55. The lowest BCUT2D eigenvalue weighted by molar-refractivity contribution is -0.140. The molecule has 1 aliphatic carbocycles. The Hall–Kier alpha value is -1.62. The summed E-state index contributed by atoms with van der Waals surface area (Å²) in [5.74, 6) is -0.475. The first kappa shape index (κ1) is 9.59. The van der Waals surface area contributed by atoms with Crippen LogP contribution in [0, 0.1) is 0 Å². The molecule has 0 atom stereocenters. The average Bonchev–Trinajstić information content (AvgIpc) is 2.94. The van der Waals surface area contributed by atoms with E-state index in [1.807, 2.05) is 0 Å². The number of aromatic nitrogens is 3. The smallest absolute Gasteiger partial charge is 0.317 e. The van der Waals surface area contributed by atoms with E-state index in [0.717, 1.165) is 0 Å². The number of carboxylic acid groups (broad SMARTS) is 1. The van der Waals surface area contributed by atoms with Crippen molar-refractivity contribution in [2.75, 3.05) is 0 Å². The molecular weight excluding hydrogens is 230 g/mol. The highest BCUT2D eigenvalue weighted by molar-refractivity contribution is 6.30. The van der Waals surface area contributed by atoms with Gasteiger partial charge < -0.3 is 5.11 Å². The SMILES string of the molecule is O=C(O)C1(c2nc3ccc(Cl)cn3n2)CC1. The highest BCUT2D eigenvalue weighted by Crippen LogP contribution is 2.46. The second kappa shape index (κ2) is 2.95. The van der Waals surface area contributed by atoms with E-state index in [1.54, 1.807) is 18.3 Å². The number of rotatable bonds is 2. The van der Waals surface area contributed by atoms with Crippen molar-refractivity contribution < 1.29 is 9.90 Å². The molecule has 0 aliphatic heterocycles. The van der Waals surface area contributed by atoms with Crippen LogP contribution in [0.15, 0.2) is 18.3 Å². The monoisotopic (exact) mass is 237 g/mol. The fourth-order valence-corrected chi connectivity index (χ4v) is 1.87. The minimum absolute atomic E-state index is 0.377. The number of halogens is 1. The van der Waals surface area contributed by atoms with Gasteiger partial charge in [-0.1, -0.05) is 11.6 Å². The molecule has 82 valence electrons. The van der Waals surface area contributed by atoms with E-state index in [4.69, 9.17) is 16.7 Å². The first-order valence-corrected chi connectivity index (χ1v) is 5.25. The summed E-state index contributed by atoms with van der Waals surface area (Å²) in [6, 6.07) is 3.42. The Kier molecular flexibility index (Phi) is 1.77. The third kappa shape index (κ3) is 1.21. The summed E-state index contributed by atoms with van der Waals surface area (Å²) in [5.41, 5.74) is -0.245. The molecule has 0 saturated heterocycles. The van der Waals surface area contributed by atoms with Gasteiger partial charge in [0, 0.05) is 6.20 Å². The van der Waals surface area contributed by atoms with Crippen molar-refractivity contribution in [3.05, 3.63) is 29.2 Å². The van der Waals surface area contributed by atoms with E-state index in [2.05, 4.69) is 10.1 Å². The zero-order valence-electron chi connectivity index (χ0n) is 8.22. The topological polar surface area (TPSA) is 67.5 Å². The molecule has 0 bridgehead atoms. The first-order chi connectivity index (χ1) is 7.62. The summed E-state index contributed by atoms with van der Waals surface area (Å²) >= 11 is 5.82. The number of carbonyl (C=O) groups is 1. The molecule has 0 amide bonds. The van der Waals surface area contributed by atoms with Crippen LogP contribution in [0.25, 0.3) is 5.65 Å². The van der Waals surface area contributed by atoms with Crippen LogP contribution in [0.2, 0.25) is 5.02 Å². The van der Waals surface area contributed by atoms with Gasteiger partial charge in [0.25, 0.3) is 0 Å². The van der Waals surface area contributed by atoms with Crippen molar-refractivity contribution in [3.8, 4) is 0 Å². The van der Waals surface area contributed by atoms with Crippen LogP contribution in [-0.4, -0.2) is 25.7 Å². The quantitative estimate of drug-likeness (QED) is 0.860. The lowest BCUT2D eigenvalue weighted by atomic mass is 10.1. The summed E-state index contributed by atoms with van der Waals surface area (Å²) < 4.78 is 1.51. The minimum Gasteiger partial charge on any atom is -0.480 e. The fraction of sp³-hybridized carbons (Fsp3) is 0.300. The van der Waals surface area contributed by atoms with Crippen LogP contribution in [0.5, 0.6) is 0 Å². The van der Waals surface area contributed by atoms with E-state index in [1.165, 1.54) is 4.52 Å². The van der Waals surface area contributed by atoms with Crippen molar-refractivity contribution in [1.82, 2.24) is 14.6 Å². The third-order valence-electron chi connectivity index (χ3n) is 2.88. The maximum atomic E-state index is 11.1. The van der Waals surface area contributed by atoms with Crippen molar-refractivity contribution >= 4 is 23.2 Å². The lowest BCUT2D eigenvalue weighted by Crippen LogP contribution is -2.21. The number of hydrogen-bond acceptors (Lipinski definition) is 3. The van der Waals surface area contributed by atoms with Crippen LogP contribution < -0.4 is 0 Å². The van der Waals surface area contributed by atoms with Crippen LogP contribution in [0.1, 0.15) is 18.7 Å².